The van der Waals surface area contributed by atoms with Crippen LogP contribution in [0.15, 0.2) is 176 Å². The summed E-state index contributed by atoms with van der Waals surface area (Å²) >= 11 is 0. The minimum atomic E-state index is 1.07. The largest absolute Gasteiger partial charge is 0.309 e. The summed E-state index contributed by atoms with van der Waals surface area (Å²) in [6.45, 7) is 0. The Morgan fingerprint density at radius 2 is 1.08 bits per heavy atom. The summed E-state index contributed by atoms with van der Waals surface area (Å²) < 4.78 is 4.88. The van der Waals surface area contributed by atoms with E-state index in [2.05, 4.69) is 173 Å². The Morgan fingerprint density at radius 1 is 0.385 bits per heavy atom. The molecular formula is C49H29N3. The highest BCUT2D eigenvalue weighted by Gasteiger charge is 2.25. The van der Waals surface area contributed by atoms with E-state index in [0.717, 1.165) is 5.69 Å². The Labute approximate surface area is 299 Å². The normalized spacial score (nSPS) is 12.2. The molecule has 52 heavy (non-hydrogen) atoms. The first-order valence-corrected chi connectivity index (χ1v) is 17.9. The first-order valence-electron chi connectivity index (χ1n) is 17.9. The van der Waals surface area contributed by atoms with Gasteiger partial charge in [0.25, 0.3) is 0 Å². The van der Waals surface area contributed by atoms with E-state index in [1.165, 1.54) is 104 Å². The molecule has 12 rings (SSSR count). The lowest BCUT2D eigenvalue weighted by Gasteiger charge is -2.14. The molecule has 11 aromatic rings. The number of fused-ring (bicyclic) bond motifs is 11. The van der Waals surface area contributed by atoms with E-state index in [9.17, 15) is 0 Å². The minimum Gasteiger partial charge on any atom is -0.309 e. The van der Waals surface area contributed by atoms with Crippen molar-refractivity contribution in [3.63, 3.8) is 0 Å². The maximum Gasteiger partial charge on any atom is 0.0786 e. The molecule has 0 aliphatic heterocycles. The number of para-hydroxylation sites is 2. The zero-order chi connectivity index (χ0) is 33.9. The molecule has 0 saturated carbocycles. The van der Waals surface area contributed by atoms with Crippen LogP contribution >= 0.6 is 0 Å². The van der Waals surface area contributed by atoms with Crippen molar-refractivity contribution in [3.8, 4) is 44.9 Å². The average molecular weight is 660 g/mol. The van der Waals surface area contributed by atoms with Gasteiger partial charge in [-0.2, -0.15) is 0 Å². The van der Waals surface area contributed by atoms with Crippen molar-refractivity contribution < 1.29 is 0 Å². The molecule has 3 nitrogen and oxygen atoms in total. The van der Waals surface area contributed by atoms with Crippen molar-refractivity contribution in [2.45, 2.75) is 0 Å². The van der Waals surface area contributed by atoms with Gasteiger partial charge >= 0.3 is 0 Å². The van der Waals surface area contributed by atoms with Crippen molar-refractivity contribution in [2.75, 3.05) is 0 Å². The molecule has 240 valence electrons. The fourth-order valence-corrected chi connectivity index (χ4v) is 9.06. The second kappa shape index (κ2) is 10.3. The monoisotopic (exact) mass is 659 g/mol. The zero-order valence-corrected chi connectivity index (χ0v) is 28.1. The maximum absolute atomic E-state index is 4.81. The van der Waals surface area contributed by atoms with Gasteiger partial charge in [0.2, 0.25) is 0 Å². The summed E-state index contributed by atoms with van der Waals surface area (Å²) in [5.41, 5.74) is 14.4. The highest BCUT2D eigenvalue weighted by atomic mass is 15.0. The number of rotatable bonds is 3. The fourth-order valence-electron chi connectivity index (χ4n) is 9.06. The van der Waals surface area contributed by atoms with Crippen LogP contribution in [0.2, 0.25) is 0 Å². The molecule has 0 spiro atoms. The number of benzene rings is 8. The number of aromatic nitrogens is 3. The van der Waals surface area contributed by atoms with E-state index in [0.29, 0.717) is 0 Å². The molecular weight excluding hydrogens is 631 g/mol. The molecule has 8 aromatic carbocycles. The van der Waals surface area contributed by atoms with Gasteiger partial charge in [0, 0.05) is 60.7 Å². The van der Waals surface area contributed by atoms with Gasteiger partial charge in [-0.15, -0.1) is 0 Å². The van der Waals surface area contributed by atoms with Crippen molar-refractivity contribution in [2.24, 2.45) is 0 Å². The summed E-state index contributed by atoms with van der Waals surface area (Å²) in [5.74, 6) is 0. The lowest BCUT2D eigenvalue weighted by atomic mass is 10.00. The highest BCUT2D eigenvalue weighted by molar-refractivity contribution is 6.22. The van der Waals surface area contributed by atoms with Crippen molar-refractivity contribution in [1.82, 2.24) is 14.1 Å². The fraction of sp³-hybridized carbons (Fsp3) is 0. The van der Waals surface area contributed by atoms with E-state index in [1.807, 2.05) is 12.3 Å². The molecule has 0 N–H and O–H groups in total. The second-order valence-corrected chi connectivity index (χ2v) is 13.9. The quantitative estimate of drug-likeness (QED) is 0.185. The van der Waals surface area contributed by atoms with Gasteiger partial charge < -0.3 is 9.13 Å². The number of hydrogen-bond donors (Lipinski definition) is 0. The summed E-state index contributed by atoms with van der Waals surface area (Å²) in [7, 11) is 0. The lowest BCUT2D eigenvalue weighted by molar-refractivity contribution is 1.18. The Kier molecular flexibility index (Phi) is 5.50. The molecule has 0 fully saturated rings. The summed E-state index contributed by atoms with van der Waals surface area (Å²) in [6.07, 6.45) is 1.90. The van der Waals surface area contributed by atoms with Gasteiger partial charge in [-0.1, -0.05) is 115 Å². The number of pyridine rings is 1. The first kappa shape index (κ1) is 27.8. The van der Waals surface area contributed by atoms with Gasteiger partial charge in [-0.05, 0) is 76.7 Å². The molecule has 0 radical (unpaired) electrons. The summed E-state index contributed by atoms with van der Waals surface area (Å²) in [4.78, 5) is 4.81. The standard InChI is InChI=1S/C49H29N3/c1-2-11-33(12-3-1)51-43-18-7-6-14-35(43)41-28-31(20-24-45(41)51)32-21-25-46-42(29-32)38-22-19-30-10-4-5-13-34(30)49(38)52(46)44-26-23-36-37-17-9-27-50-48(37)40-16-8-15-39(44)47(36)40/h1-29H. The van der Waals surface area contributed by atoms with Gasteiger partial charge in [0.15, 0.2) is 0 Å². The SMILES string of the molecule is c1ccc(-n2c3ccccc3c3cc(-c4ccc5c(c4)c4ccc6ccccc6c4n5-c4ccc5c6c(cccc46)-c4ncccc4-5)ccc32)cc1. The third-order valence-corrected chi connectivity index (χ3v) is 11.3. The maximum atomic E-state index is 4.81. The van der Waals surface area contributed by atoms with Crippen molar-refractivity contribution in [3.05, 3.63) is 176 Å². The van der Waals surface area contributed by atoms with Crippen molar-refractivity contribution >= 4 is 65.2 Å². The van der Waals surface area contributed by atoms with E-state index in [4.69, 9.17) is 4.98 Å². The Morgan fingerprint density at radius 3 is 1.94 bits per heavy atom. The third kappa shape index (κ3) is 3.66. The van der Waals surface area contributed by atoms with E-state index >= 15 is 0 Å². The van der Waals surface area contributed by atoms with E-state index in [-0.39, 0.29) is 0 Å². The highest BCUT2D eigenvalue weighted by Crippen LogP contribution is 2.49. The van der Waals surface area contributed by atoms with Gasteiger partial charge in [0.05, 0.1) is 33.4 Å². The third-order valence-electron chi connectivity index (χ3n) is 11.3. The van der Waals surface area contributed by atoms with Crippen molar-refractivity contribution in [1.29, 1.82) is 0 Å². The predicted molar refractivity (Wildman–Crippen MR) is 218 cm³/mol. The van der Waals surface area contributed by atoms with Crippen LogP contribution in [0, 0.1) is 0 Å². The Balaban J connectivity index is 1.12. The van der Waals surface area contributed by atoms with Crippen LogP contribution < -0.4 is 0 Å². The molecule has 0 unspecified atom stereocenters. The van der Waals surface area contributed by atoms with Crippen LogP contribution in [0.5, 0.6) is 0 Å². The molecule has 0 saturated heterocycles. The average Bonchev–Trinajstić information content (AvgIpc) is 3.85. The van der Waals surface area contributed by atoms with Crippen LogP contribution in [0.25, 0.3) is 110 Å². The molecule has 3 heteroatoms. The number of nitrogens with zero attached hydrogens (tertiary/aromatic N) is 3. The molecule has 0 atom stereocenters. The van der Waals surface area contributed by atoms with Gasteiger partial charge in [0.1, 0.15) is 0 Å². The molecule has 3 aromatic heterocycles. The van der Waals surface area contributed by atoms with Crippen LogP contribution in [0.4, 0.5) is 0 Å². The lowest BCUT2D eigenvalue weighted by Crippen LogP contribution is -1.96. The molecule has 0 amide bonds. The van der Waals surface area contributed by atoms with Gasteiger partial charge in [-0.3, -0.25) is 4.98 Å². The van der Waals surface area contributed by atoms with Crippen LogP contribution in [-0.4, -0.2) is 14.1 Å². The first-order chi connectivity index (χ1) is 25.8. The topological polar surface area (TPSA) is 22.8 Å². The summed E-state index contributed by atoms with van der Waals surface area (Å²) in [5, 5.41) is 10.0. The van der Waals surface area contributed by atoms with E-state index < -0.39 is 0 Å². The molecule has 1 aliphatic rings. The molecule has 0 bridgehead atoms. The molecule has 3 heterocycles. The Hall–Kier alpha value is -6.97. The van der Waals surface area contributed by atoms with Crippen LogP contribution in [0.3, 0.4) is 0 Å². The van der Waals surface area contributed by atoms with Crippen LogP contribution in [-0.2, 0) is 0 Å². The van der Waals surface area contributed by atoms with Gasteiger partial charge in [-0.25, -0.2) is 0 Å². The zero-order valence-electron chi connectivity index (χ0n) is 28.1. The second-order valence-electron chi connectivity index (χ2n) is 13.9. The predicted octanol–water partition coefficient (Wildman–Crippen LogP) is 12.9. The van der Waals surface area contributed by atoms with Crippen LogP contribution in [0.1, 0.15) is 0 Å². The molecule has 1 aliphatic carbocycles. The minimum absolute atomic E-state index is 1.07. The van der Waals surface area contributed by atoms with E-state index in [1.54, 1.807) is 0 Å². The smallest absolute Gasteiger partial charge is 0.0786 e. The number of hydrogen-bond acceptors (Lipinski definition) is 1. The Bertz CT molecular complexity index is 3260. The summed E-state index contributed by atoms with van der Waals surface area (Å²) in [6, 6.07) is 62.3.